The van der Waals surface area contributed by atoms with Crippen molar-refractivity contribution in [2.75, 3.05) is 0 Å². The van der Waals surface area contributed by atoms with Crippen molar-refractivity contribution in [2.24, 2.45) is 0 Å². The molecule has 1 aromatic carbocycles. The molecule has 0 aliphatic heterocycles. The highest BCUT2D eigenvalue weighted by molar-refractivity contribution is 5.56. The maximum atomic E-state index is 12.6. The summed E-state index contributed by atoms with van der Waals surface area (Å²) in [6.07, 6.45) is 3.40. The second-order valence-electron chi connectivity index (χ2n) is 2.18. The molecule has 0 aromatic heterocycles. The van der Waals surface area contributed by atoms with Crippen LogP contribution in [0.2, 0.25) is 0 Å². The Morgan fingerprint density at radius 2 is 2.18 bits per heavy atom. The Labute approximate surface area is 64.8 Å². The summed E-state index contributed by atoms with van der Waals surface area (Å²) in [7, 11) is 0. The molecule has 1 N–H and O–H groups in total. The van der Waals surface area contributed by atoms with Crippen LogP contribution in [0, 0.1) is 5.82 Å². The van der Waals surface area contributed by atoms with Gasteiger partial charge < -0.3 is 5.11 Å². The van der Waals surface area contributed by atoms with Crippen molar-refractivity contribution in [1.82, 2.24) is 0 Å². The molecule has 0 unspecified atom stereocenters. The number of allylic oxidation sites excluding steroid dienone is 1. The van der Waals surface area contributed by atoms with Crippen LogP contribution >= 0.6 is 0 Å². The third kappa shape index (κ3) is 1.58. The van der Waals surface area contributed by atoms with E-state index in [1.165, 1.54) is 6.07 Å². The van der Waals surface area contributed by atoms with Gasteiger partial charge in [0.2, 0.25) is 0 Å². The van der Waals surface area contributed by atoms with E-state index in [0.29, 0.717) is 5.56 Å². The number of rotatable bonds is 1. The molecule has 0 bridgehead atoms. The van der Waals surface area contributed by atoms with E-state index in [-0.39, 0.29) is 5.75 Å². The van der Waals surface area contributed by atoms with Crippen LogP contribution in [0.4, 0.5) is 4.39 Å². The van der Waals surface area contributed by atoms with Gasteiger partial charge in [0.05, 0.1) is 0 Å². The van der Waals surface area contributed by atoms with Crippen LogP contribution in [0.1, 0.15) is 12.5 Å². The highest BCUT2D eigenvalue weighted by Crippen LogP contribution is 2.21. The number of halogens is 1. The van der Waals surface area contributed by atoms with E-state index in [9.17, 15) is 4.39 Å². The van der Waals surface area contributed by atoms with E-state index >= 15 is 0 Å². The van der Waals surface area contributed by atoms with Crippen LogP contribution in [0.25, 0.3) is 6.08 Å². The fourth-order valence-electron chi connectivity index (χ4n) is 0.846. The molecule has 0 saturated carbocycles. The molecule has 58 valence electrons. The van der Waals surface area contributed by atoms with Crippen LogP contribution in [0.5, 0.6) is 5.75 Å². The van der Waals surface area contributed by atoms with Gasteiger partial charge in [-0.3, -0.25) is 0 Å². The van der Waals surface area contributed by atoms with Crippen LogP contribution in [0.3, 0.4) is 0 Å². The number of aromatic hydroxyl groups is 1. The third-order valence-electron chi connectivity index (χ3n) is 1.36. The zero-order valence-electron chi connectivity index (χ0n) is 6.21. The molecule has 1 rings (SSSR count). The van der Waals surface area contributed by atoms with Crippen molar-refractivity contribution in [3.05, 3.63) is 35.7 Å². The molecule has 0 fully saturated rings. The SMILES string of the molecule is C/C=C\c1cccc(F)c1O. The summed E-state index contributed by atoms with van der Waals surface area (Å²) in [6, 6.07) is 4.44. The Bertz CT molecular complexity index is 279. The molecule has 0 aliphatic carbocycles. The van der Waals surface area contributed by atoms with E-state index in [1.54, 1.807) is 24.3 Å². The lowest BCUT2D eigenvalue weighted by molar-refractivity contribution is 0.431. The van der Waals surface area contributed by atoms with Crippen LogP contribution in [-0.2, 0) is 0 Å². The van der Waals surface area contributed by atoms with Gasteiger partial charge in [0.1, 0.15) is 0 Å². The van der Waals surface area contributed by atoms with Gasteiger partial charge in [-0.05, 0) is 13.0 Å². The smallest absolute Gasteiger partial charge is 0.165 e. The minimum atomic E-state index is -0.583. The minimum absolute atomic E-state index is 0.286. The second kappa shape index (κ2) is 3.19. The van der Waals surface area contributed by atoms with Crippen molar-refractivity contribution in [3.8, 4) is 5.75 Å². The van der Waals surface area contributed by atoms with Gasteiger partial charge in [0, 0.05) is 5.56 Å². The number of hydrogen-bond donors (Lipinski definition) is 1. The Morgan fingerprint density at radius 3 is 2.82 bits per heavy atom. The Morgan fingerprint density at radius 1 is 1.45 bits per heavy atom. The molecule has 0 spiro atoms. The maximum Gasteiger partial charge on any atom is 0.165 e. The molecule has 0 saturated heterocycles. The highest BCUT2D eigenvalue weighted by Gasteiger charge is 2.01. The molecule has 0 aliphatic rings. The van der Waals surface area contributed by atoms with Gasteiger partial charge >= 0.3 is 0 Å². The zero-order valence-corrected chi connectivity index (χ0v) is 6.21. The van der Waals surface area contributed by atoms with Gasteiger partial charge in [-0.15, -0.1) is 0 Å². The minimum Gasteiger partial charge on any atom is -0.504 e. The summed E-state index contributed by atoms with van der Waals surface area (Å²) in [5.41, 5.74) is 0.507. The molecule has 11 heavy (non-hydrogen) atoms. The molecule has 0 atom stereocenters. The first-order valence-corrected chi connectivity index (χ1v) is 3.36. The predicted molar refractivity (Wildman–Crippen MR) is 42.8 cm³/mol. The van der Waals surface area contributed by atoms with Crippen molar-refractivity contribution < 1.29 is 9.50 Å². The van der Waals surface area contributed by atoms with Crippen molar-refractivity contribution in [2.45, 2.75) is 6.92 Å². The molecule has 0 heterocycles. The van der Waals surface area contributed by atoms with Crippen LogP contribution in [0.15, 0.2) is 24.3 Å². The fourth-order valence-corrected chi connectivity index (χ4v) is 0.846. The second-order valence-corrected chi connectivity index (χ2v) is 2.18. The first-order valence-electron chi connectivity index (χ1n) is 3.36. The Kier molecular flexibility index (Phi) is 2.26. The maximum absolute atomic E-state index is 12.6. The highest BCUT2D eigenvalue weighted by atomic mass is 19.1. The van der Waals surface area contributed by atoms with Gasteiger partial charge in [0.15, 0.2) is 11.6 Å². The van der Waals surface area contributed by atoms with Crippen molar-refractivity contribution in [3.63, 3.8) is 0 Å². The van der Waals surface area contributed by atoms with Gasteiger partial charge in [-0.1, -0.05) is 24.3 Å². The first kappa shape index (κ1) is 7.79. The quantitative estimate of drug-likeness (QED) is 0.655. The molecule has 1 nitrogen and oxygen atoms in total. The van der Waals surface area contributed by atoms with E-state index in [4.69, 9.17) is 5.11 Å². The monoisotopic (exact) mass is 152 g/mol. The summed E-state index contributed by atoms with van der Waals surface area (Å²) in [4.78, 5) is 0. The summed E-state index contributed by atoms with van der Waals surface area (Å²) in [5, 5.41) is 9.10. The molecular formula is C9H9FO. The van der Waals surface area contributed by atoms with E-state index in [1.807, 2.05) is 6.92 Å². The lowest BCUT2D eigenvalue weighted by Crippen LogP contribution is -1.78. The van der Waals surface area contributed by atoms with Crippen molar-refractivity contribution in [1.29, 1.82) is 0 Å². The lowest BCUT2D eigenvalue weighted by atomic mass is 10.2. The van der Waals surface area contributed by atoms with Gasteiger partial charge in [-0.25, -0.2) is 4.39 Å². The van der Waals surface area contributed by atoms with Crippen molar-refractivity contribution >= 4 is 6.08 Å². The number of benzene rings is 1. The molecule has 0 amide bonds. The summed E-state index contributed by atoms with van der Waals surface area (Å²) in [6.45, 7) is 1.81. The van der Waals surface area contributed by atoms with Crippen LogP contribution in [-0.4, -0.2) is 5.11 Å². The van der Waals surface area contributed by atoms with E-state index in [2.05, 4.69) is 0 Å². The number of para-hydroxylation sites is 1. The average molecular weight is 152 g/mol. The number of phenolic OH excluding ortho intramolecular Hbond substituents is 1. The first-order chi connectivity index (χ1) is 5.25. The lowest BCUT2D eigenvalue weighted by Gasteiger charge is -1.97. The third-order valence-corrected chi connectivity index (χ3v) is 1.36. The van der Waals surface area contributed by atoms with E-state index in [0.717, 1.165) is 0 Å². The standard InChI is InChI=1S/C9H9FO/c1-2-4-7-5-3-6-8(10)9(7)11/h2-6,11H,1H3/b4-2-. The topological polar surface area (TPSA) is 20.2 Å². The molecule has 0 radical (unpaired) electrons. The predicted octanol–water partition coefficient (Wildman–Crippen LogP) is 2.56. The molecular weight excluding hydrogens is 143 g/mol. The average Bonchev–Trinajstić information content (AvgIpc) is 1.99. The van der Waals surface area contributed by atoms with Gasteiger partial charge in [0.25, 0.3) is 0 Å². The van der Waals surface area contributed by atoms with Gasteiger partial charge in [-0.2, -0.15) is 0 Å². The zero-order chi connectivity index (χ0) is 8.27. The number of hydrogen-bond acceptors (Lipinski definition) is 1. The van der Waals surface area contributed by atoms with E-state index < -0.39 is 5.82 Å². The molecule has 1 aromatic rings. The summed E-state index contributed by atoms with van der Waals surface area (Å²) in [5.74, 6) is -0.869. The number of phenols is 1. The largest absolute Gasteiger partial charge is 0.504 e. The normalized spacial score (nSPS) is 10.7. The molecule has 2 heteroatoms. The van der Waals surface area contributed by atoms with Crippen LogP contribution < -0.4 is 0 Å². The Balaban J connectivity index is 3.16. The Hall–Kier alpha value is -1.31. The summed E-state index contributed by atoms with van der Waals surface area (Å²) >= 11 is 0. The summed E-state index contributed by atoms with van der Waals surface area (Å²) < 4.78 is 12.6. The fraction of sp³-hybridized carbons (Fsp3) is 0.111.